The molecule has 0 fully saturated rings. The van der Waals surface area contributed by atoms with Crippen LogP contribution in [0.4, 0.5) is 16.2 Å². The molecule has 188 valence electrons. The number of carbonyl (C=O) groups is 4. The number of nitrogens with one attached hydrogen (secondary N) is 1. The van der Waals surface area contributed by atoms with Crippen LogP contribution in [-0.4, -0.2) is 30.8 Å². The molecule has 3 aromatic carbocycles. The summed E-state index contributed by atoms with van der Waals surface area (Å²) in [6.45, 7) is 1.37. The van der Waals surface area contributed by atoms with Crippen molar-refractivity contribution in [3.63, 3.8) is 0 Å². The van der Waals surface area contributed by atoms with Crippen molar-refractivity contribution in [2.75, 3.05) is 17.3 Å². The standard InChI is InChI=1S/C30H23N3O5/c1-18(34)26-25(20-14-12-19(17-31)13-15-20)22(27(35)38-2)16-30(26)23-10-6-7-11-24(23)33(28(30)36)29(37)32-21-8-4-3-5-9-21/h3-16,25-26H,1-2H3,(H,32,37)/t25-,26+,30-/m1/s1. The monoisotopic (exact) mass is 505 g/mol. The molecule has 3 atom stereocenters. The maximum absolute atomic E-state index is 14.3. The van der Waals surface area contributed by atoms with Gasteiger partial charge in [-0.15, -0.1) is 0 Å². The van der Waals surface area contributed by atoms with E-state index >= 15 is 0 Å². The molecule has 0 bridgehead atoms. The average molecular weight is 506 g/mol. The molecule has 1 spiro atoms. The van der Waals surface area contributed by atoms with Crippen molar-refractivity contribution < 1.29 is 23.9 Å². The number of nitriles is 1. The Balaban J connectivity index is 1.69. The topological polar surface area (TPSA) is 117 Å². The lowest BCUT2D eigenvalue weighted by atomic mass is 9.67. The van der Waals surface area contributed by atoms with Crippen LogP contribution in [-0.2, 0) is 24.5 Å². The highest BCUT2D eigenvalue weighted by molar-refractivity contribution is 6.27. The van der Waals surface area contributed by atoms with Gasteiger partial charge in [0.2, 0.25) is 0 Å². The molecule has 0 radical (unpaired) electrons. The molecule has 0 saturated heterocycles. The molecule has 3 amide bonds. The lowest BCUT2D eigenvalue weighted by Gasteiger charge is -2.32. The first-order chi connectivity index (χ1) is 18.3. The van der Waals surface area contributed by atoms with E-state index < -0.39 is 35.2 Å². The number of imide groups is 1. The second-order valence-electron chi connectivity index (χ2n) is 9.21. The first-order valence-electron chi connectivity index (χ1n) is 11.9. The molecule has 0 aromatic heterocycles. The number of rotatable bonds is 4. The highest BCUT2D eigenvalue weighted by atomic mass is 16.5. The van der Waals surface area contributed by atoms with Crippen LogP contribution < -0.4 is 10.2 Å². The van der Waals surface area contributed by atoms with E-state index in [2.05, 4.69) is 11.4 Å². The van der Waals surface area contributed by atoms with E-state index in [1.807, 2.05) is 0 Å². The molecule has 0 saturated carbocycles. The van der Waals surface area contributed by atoms with E-state index in [1.54, 1.807) is 78.9 Å². The van der Waals surface area contributed by atoms with Crippen LogP contribution in [0, 0.1) is 17.2 Å². The second-order valence-corrected chi connectivity index (χ2v) is 9.21. The molecule has 1 aliphatic heterocycles. The minimum absolute atomic E-state index is 0.144. The van der Waals surface area contributed by atoms with Crippen LogP contribution >= 0.6 is 0 Å². The number of hydrogen-bond acceptors (Lipinski definition) is 6. The summed E-state index contributed by atoms with van der Waals surface area (Å²) in [6.07, 6.45) is 1.49. The first-order valence-corrected chi connectivity index (χ1v) is 11.9. The largest absolute Gasteiger partial charge is 0.466 e. The van der Waals surface area contributed by atoms with Crippen molar-refractivity contribution in [2.45, 2.75) is 18.3 Å². The van der Waals surface area contributed by atoms with Gasteiger partial charge in [0.1, 0.15) is 11.2 Å². The highest BCUT2D eigenvalue weighted by Crippen LogP contribution is 2.58. The number of Topliss-reactive ketones (excluding diaryl/α,β-unsaturated/α-hetero) is 1. The summed E-state index contributed by atoms with van der Waals surface area (Å²) in [7, 11) is 1.23. The molecule has 38 heavy (non-hydrogen) atoms. The Kier molecular flexibility index (Phi) is 6.13. The van der Waals surface area contributed by atoms with Gasteiger partial charge in [0.15, 0.2) is 0 Å². The van der Waals surface area contributed by atoms with Gasteiger partial charge in [-0.3, -0.25) is 9.59 Å². The quantitative estimate of drug-likeness (QED) is 0.523. The van der Waals surface area contributed by atoms with Crippen molar-refractivity contribution in [1.29, 1.82) is 5.26 Å². The van der Waals surface area contributed by atoms with Gasteiger partial charge in [-0.05, 0) is 48.4 Å². The van der Waals surface area contributed by atoms with Crippen molar-refractivity contribution in [3.8, 4) is 6.07 Å². The van der Waals surface area contributed by atoms with Gasteiger partial charge in [-0.1, -0.05) is 54.6 Å². The second kappa shape index (κ2) is 9.45. The van der Waals surface area contributed by atoms with Crippen molar-refractivity contribution >= 4 is 35.1 Å². The number of ether oxygens (including phenoxy) is 1. The molecule has 8 nitrogen and oxygen atoms in total. The average Bonchev–Trinajstić information content (AvgIpc) is 3.42. The zero-order valence-corrected chi connectivity index (χ0v) is 20.7. The summed E-state index contributed by atoms with van der Waals surface area (Å²) in [5, 5.41) is 12.0. The summed E-state index contributed by atoms with van der Waals surface area (Å²) < 4.78 is 5.06. The number of hydrogen-bond donors (Lipinski definition) is 1. The van der Waals surface area contributed by atoms with Crippen LogP contribution in [0.2, 0.25) is 0 Å². The van der Waals surface area contributed by atoms with Gasteiger partial charge in [-0.25, -0.2) is 14.5 Å². The molecular weight excluding hydrogens is 482 g/mol. The van der Waals surface area contributed by atoms with Gasteiger partial charge in [0.25, 0.3) is 5.91 Å². The van der Waals surface area contributed by atoms with Crippen LogP contribution in [0.5, 0.6) is 0 Å². The van der Waals surface area contributed by atoms with E-state index in [9.17, 15) is 24.4 Å². The van der Waals surface area contributed by atoms with Gasteiger partial charge in [-0.2, -0.15) is 5.26 Å². The first kappa shape index (κ1) is 24.7. The maximum Gasteiger partial charge on any atom is 0.334 e. The number of nitrogens with zero attached hydrogens (tertiary/aromatic N) is 2. The number of amides is 3. The Labute approximate surface area is 219 Å². The minimum atomic E-state index is -1.61. The normalized spacial score (nSPS) is 21.4. The molecular formula is C30H23N3O5. The van der Waals surface area contributed by atoms with Gasteiger partial charge in [0, 0.05) is 17.2 Å². The molecule has 5 rings (SSSR count). The summed E-state index contributed by atoms with van der Waals surface area (Å²) in [6, 6.07) is 23.4. The number of carbonyl (C=O) groups excluding carboxylic acids is 4. The predicted octanol–water partition coefficient (Wildman–Crippen LogP) is 4.48. The lowest BCUT2D eigenvalue weighted by Crippen LogP contribution is -2.49. The molecule has 1 aliphatic carbocycles. The van der Waals surface area contributed by atoms with Gasteiger partial charge in [0.05, 0.1) is 30.3 Å². The van der Waals surface area contributed by atoms with E-state index in [1.165, 1.54) is 20.1 Å². The third-order valence-electron chi connectivity index (χ3n) is 7.18. The third kappa shape index (κ3) is 3.68. The summed E-state index contributed by atoms with van der Waals surface area (Å²) in [4.78, 5) is 55.3. The molecule has 0 unspecified atom stereocenters. The Morgan fingerprint density at radius 2 is 1.63 bits per heavy atom. The fourth-order valence-electron chi connectivity index (χ4n) is 5.63. The molecule has 1 heterocycles. The number of esters is 1. The smallest absolute Gasteiger partial charge is 0.334 e. The number of ketones is 1. The van der Waals surface area contributed by atoms with E-state index in [0.29, 0.717) is 28.1 Å². The number of fused-ring (bicyclic) bond motifs is 2. The zero-order valence-electron chi connectivity index (χ0n) is 20.7. The maximum atomic E-state index is 14.3. The number of benzene rings is 3. The summed E-state index contributed by atoms with van der Waals surface area (Å²) in [5.41, 5.74) is 0.804. The van der Waals surface area contributed by atoms with E-state index in [-0.39, 0.29) is 11.4 Å². The highest BCUT2D eigenvalue weighted by Gasteiger charge is 2.64. The predicted molar refractivity (Wildman–Crippen MR) is 139 cm³/mol. The Morgan fingerprint density at radius 1 is 0.974 bits per heavy atom. The van der Waals surface area contributed by atoms with Crippen molar-refractivity contribution in [1.82, 2.24) is 0 Å². The number of para-hydroxylation sites is 2. The van der Waals surface area contributed by atoms with Crippen molar-refractivity contribution in [3.05, 3.63) is 107 Å². The fourth-order valence-corrected chi connectivity index (χ4v) is 5.63. The van der Waals surface area contributed by atoms with Crippen LogP contribution in [0.15, 0.2) is 90.5 Å². The minimum Gasteiger partial charge on any atom is -0.466 e. The van der Waals surface area contributed by atoms with Gasteiger partial charge < -0.3 is 10.1 Å². The Hall–Kier alpha value is -5.03. The lowest BCUT2D eigenvalue weighted by molar-refractivity contribution is -0.136. The zero-order chi connectivity index (χ0) is 27.0. The van der Waals surface area contributed by atoms with E-state index in [4.69, 9.17) is 4.74 Å². The summed E-state index contributed by atoms with van der Waals surface area (Å²) in [5.74, 6) is -3.51. The summed E-state index contributed by atoms with van der Waals surface area (Å²) >= 11 is 0. The van der Waals surface area contributed by atoms with Crippen LogP contribution in [0.25, 0.3) is 0 Å². The molecule has 3 aromatic rings. The Morgan fingerprint density at radius 3 is 2.26 bits per heavy atom. The fraction of sp³-hybridized carbons (Fsp3) is 0.167. The van der Waals surface area contributed by atoms with Crippen LogP contribution in [0.3, 0.4) is 0 Å². The SMILES string of the molecule is COC(=O)C1=C[C@]2(C(=O)N(C(=O)Nc3ccccc3)c3ccccc32)[C@@H](C(C)=O)[C@@H]1c1ccc(C#N)cc1. The molecule has 8 heteroatoms. The Bertz CT molecular complexity index is 1540. The molecule has 1 N–H and O–H groups in total. The van der Waals surface area contributed by atoms with Crippen LogP contribution in [0.1, 0.15) is 29.5 Å². The number of methoxy groups -OCH3 is 1. The van der Waals surface area contributed by atoms with E-state index in [0.717, 1.165) is 4.90 Å². The number of anilines is 2. The van der Waals surface area contributed by atoms with Gasteiger partial charge >= 0.3 is 12.0 Å². The third-order valence-corrected chi connectivity index (χ3v) is 7.18. The van der Waals surface area contributed by atoms with Crippen molar-refractivity contribution in [2.24, 2.45) is 5.92 Å². The molecule has 2 aliphatic rings. The number of urea groups is 1.